The Hall–Kier alpha value is -1.79. The first kappa shape index (κ1) is 16.7. The first-order valence-electron chi connectivity index (χ1n) is 9.54. The van der Waals surface area contributed by atoms with Crippen LogP contribution in [0.15, 0.2) is 24.4 Å². The molecule has 1 saturated heterocycles. The third kappa shape index (κ3) is 4.07. The molecule has 0 radical (unpaired) electrons. The highest BCUT2D eigenvalue weighted by Gasteiger charge is 2.30. The van der Waals surface area contributed by atoms with Crippen LogP contribution in [0.5, 0.6) is 0 Å². The summed E-state index contributed by atoms with van der Waals surface area (Å²) in [6.45, 7) is 3.94. The fraction of sp³-hybridized carbons (Fsp3) is 0.632. The van der Waals surface area contributed by atoms with Gasteiger partial charge in [0.15, 0.2) is 0 Å². The van der Waals surface area contributed by atoms with Crippen LogP contribution in [0.3, 0.4) is 0 Å². The Balaban J connectivity index is 1.53. The van der Waals surface area contributed by atoms with Gasteiger partial charge in [0, 0.05) is 31.7 Å². The Bertz CT molecular complexity index is 670. The SMILES string of the molecule is Cn1c(CN(Cc2ccccn2)C2CCCNCC2)nnc1C1CC1. The second-order valence-corrected chi connectivity index (χ2v) is 7.37. The molecule has 1 aliphatic heterocycles. The van der Waals surface area contributed by atoms with Crippen molar-refractivity contribution in [3.8, 4) is 0 Å². The maximum atomic E-state index is 4.54. The second-order valence-electron chi connectivity index (χ2n) is 7.37. The number of nitrogens with zero attached hydrogens (tertiary/aromatic N) is 5. The van der Waals surface area contributed by atoms with Gasteiger partial charge in [0.1, 0.15) is 11.6 Å². The highest BCUT2D eigenvalue weighted by atomic mass is 15.3. The average Bonchev–Trinajstić information content (AvgIpc) is 3.44. The van der Waals surface area contributed by atoms with E-state index in [1.54, 1.807) is 0 Å². The molecule has 2 fully saturated rings. The van der Waals surface area contributed by atoms with E-state index >= 15 is 0 Å². The first-order valence-corrected chi connectivity index (χ1v) is 9.54. The summed E-state index contributed by atoms with van der Waals surface area (Å²) in [4.78, 5) is 7.10. The molecule has 0 spiro atoms. The summed E-state index contributed by atoms with van der Waals surface area (Å²) in [5.74, 6) is 2.88. The lowest BCUT2D eigenvalue weighted by Gasteiger charge is -2.30. The summed E-state index contributed by atoms with van der Waals surface area (Å²) in [6, 6.07) is 6.74. The van der Waals surface area contributed by atoms with E-state index in [1.165, 1.54) is 32.1 Å². The summed E-state index contributed by atoms with van der Waals surface area (Å²) in [5.41, 5.74) is 1.13. The molecule has 0 bridgehead atoms. The zero-order valence-corrected chi connectivity index (χ0v) is 15.1. The fourth-order valence-electron chi connectivity index (χ4n) is 3.77. The van der Waals surface area contributed by atoms with Crippen molar-refractivity contribution in [3.05, 3.63) is 41.7 Å². The zero-order chi connectivity index (χ0) is 17.1. The molecule has 4 rings (SSSR count). The lowest BCUT2D eigenvalue weighted by Crippen LogP contribution is -2.36. The Kier molecular flexibility index (Phi) is 5.08. The number of hydrogen-bond acceptors (Lipinski definition) is 5. The molecule has 2 aromatic rings. The molecule has 0 aromatic carbocycles. The van der Waals surface area contributed by atoms with Gasteiger partial charge in [0.25, 0.3) is 0 Å². The molecule has 1 unspecified atom stereocenters. The van der Waals surface area contributed by atoms with Crippen molar-refractivity contribution in [2.45, 2.75) is 57.2 Å². The highest BCUT2D eigenvalue weighted by Crippen LogP contribution is 2.38. The molecule has 2 aliphatic rings. The Morgan fingerprint density at radius 3 is 2.84 bits per heavy atom. The van der Waals surface area contributed by atoms with Crippen molar-refractivity contribution >= 4 is 0 Å². The lowest BCUT2D eigenvalue weighted by molar-refractivity contribution is 0.156. The van der Waals surface area contributed by atoms with Crippen molar-refractivity contribution in [1.29, 1.82) is 0 Å². The van der Waals surface area contributed by atoms with Crippen molar-refractivity contribution < 1.29 is 0 Å². The predicted octanol–water partition coefficient (Wildman–Crippen LogP) is 2.23. The maximum Gasteiger partial charge on any atom is 0.146 e. The lowest BCUT2D eigenvalue weighted by atomic mass is 10.1. The minimum absolute atomic E-state index is 0.568. The topological polar surface area (TPSA) is 58.9 Å². The summed E-state index contributed by atoms with van der Waals surface area (Å²) >= 11 is 0. The van der Waals surface area contributed by atoms with E-state index in [-0.39, 0.29) is 0 Å². The molecule has 2 aromatic heterocycles. The normalized spacial score (nSPS) is 21.4. The van der Waals surface area contributed by atoms with Crippen LogP contribution in [0.1, 0.15) is 55.4 Å². The fourth-order valence-corrected chi connectivity index (χ4v) is 3.77. The number of nitrogens with one attached hydrogen (secondary N) is 1. The van der Waals surface area contributed by atoms with E-state index < -0.39 is 0 Å². The molecule has 134 valence electrons. The smallest absolute Gasteiger partial charge is 0.146 e. The van der Waals surface area contributed by atoms with E-state index in [4.69, 9.17) is 0 Å². The van der Waals surface area contributed by atoms with Crippen LogP contribution in [0.25, 0.3) is 0 Å². The largest absolute Gasteiger partial charge is 0.317 e. The summed E-state index contributed by atoms with van der Waals surface area (Å²) < 4.78 is 2.22. The predicted molar refractivity (Wildman–Crippen MR) is 97.0 cm³/mol. The van der Waals surface area contributed by atoms with Crippen LogP contribution in [-0.2, 0) is 20.1 Å². The molecule has 1 saturated carbocycles. The Morgan fingerprint density at radius 1 is 1.12 bits per heavy atom. The van der Waals surface area contributed by atoms with Crippen molar-refractivity contribution in [2.24, 2.45) is 7.05 Å². The van der Waals surface area contributed by atoms with Gasteiger partial charge in [-0.1, -0.05) is 6.07 Å². The quantitative estimate of drug-likeness (QED) is 0.874. The van der Waals surface area contributed by atoms with Crippen LogP contribution in [0.2, 0.25) is 0 Å². The number of pyridine rings is 1. The molecule has 0 amide bonds. The van der Waals surface area contributed by atoms with Gasteiger partial charge in [-0.2, -0.15) is 0 Å². The highest BCUT2D eigenvalue weighted by molar-refractivity contribution is 5.09. The van der Waals surface area contributed by atoms with Gasteiger partial charge < -0.3 is 9.88 Å². The van der Waals surface area contributed by atoms with Gasteiger partial charge in [-0.05, 0) is 57.3 Å². The van der Waals surface area contributed by atoms with E-state index in [0.717, 1.165) is 43.5 Å². The maximum absolute atomic E-state index is 4.54. The van der Waals surface area contributed by atoms with Crippen LogP contribution in [0, 0.1) is 0 Å². The van der Waals surface area contributed by atoms with E-state index in [2.05, 4.69) is 49.1 Å². The summed E-state index contributed by atoms with van der Waals surface area (Å²) in [5, 5.41) is 12.5. The van der Waals surface area contributed by atoms with Crippen LogP contribution in [-0.4, -0.2) is 43.8 Å². The van der Waals surface area contributed by atoms with E-state index in [9.17, 15) is 0 Å². The van der Waals surface area contributed by atoms with Crippen molar-refractivity contribution in [3.63, 3.8) is 0 Å². The minimum Gasteiger partial charge on any atom is -0.317 e. The molecular formula is C19H28N6. The third-order valence-electron chi connectivity index (χ3n) is 5.44. The van der Waals surface area contributed by atoms with Gasteiger partial charge >= 0.3 is 0 Å². The Morgan fingerprint density at radius 2 is 2.04 bits per heavy atom. The molecule has 1 N–H and O–H groups in total. The molecular weight excluding hydrogens is 312 g/mol. The molecule has 6 nitrogen and oxygen atoms in total. The second kappa shape index (κ2) is 7.62. The van der Waals surface area contributed by atoms with Gasteiger partial charge in [0.05, 0.1) is 12.2 Å². The number of rotatable bonds is 6. The van der Waals surface area contributed by atoms with Gasteiger partial charge in [-0.25, -0.2) is 0 Å². The summed E-state index contributed by atoms with van der Waals surface area (Å²) in [7, 11) is 2.12. The Labute approximate surface area is 149 Å². The molecule has 25 heavy (non-hydrogen) atoms. The third-order valence-corrected chi connectivity index (χ3v) is 5.44. The number of hydrogen-bond donors (Lipinski definition) is 1. The van der Waals surface area contributed by atoms with Crippen molar-refractivity contribution in [1.82, 2.24) is 30.0 Å². The van der Waals surface area contributed by atoms with Crippen LogP contribution >= 0.6 is 0 Å². The molecule has 6 heteroatoms. The van der Waals surface area contributed by atoms with E-state index in [1.807, 2.05) is 12.3 Å². The zero-order valence-electron chi connectivity index (χ0n) is 15.1. The van der Waals surface area contributed by atoms with E-state index in [0.29, 0.717) is 12.0 Å². The molecule has 3 heterocycles. The first-order chi connectivity index (χ1) is 12.3. The average molecular weight is 340 g/mol. The van der Waals surface area contributed by atoms with Crippen LogP contribution in [0.4, 0.5) is 0 Å². The minimum atomic E-state index is 0.568. The molecule has 1 atom stereocenters. The molecule has 1 aliphatic carbocycles. The van der Waals surface area contributed by atoms with Crippen LogP contribution < -0.4 is 5.32 Å². The van der Waals surface area contributed by atoms with Crippen molar-refractivity contribution in [2.75, 3.05) is 13.1 Å². The standard InChI is InChI=1S/C19H28N6/c1-24-18(22-23-19(24)15-7-8-15)14-25(13-16-5-2-3-11-21-16)17-6-4-10-20-12-9-17/h2-3,5,11,15,17,20H,4,6-10,12-14H2,1H3. The van der Waals surface area contributed by atoms with Gasteiger partial charge in [0.2, 0.25) is 0 Å². The monoisotopic (exact) mass is 340 g/mol. The van der Waals surface area contributed by atoms with Gasteiger partial charge in [-0.15, -0.1) is 10.2 Å². The summed E-state index contributed by atoms with van der Waals surface area (Å²) in [6.07, 6.45) is 8.05. The number of aromatic nitrogens is 4. The van der Waals surface area contributed by atoms with Gasteiger partial charge in [-0.3, -0.25) is 9.88 Å².